The number of amides is 1. The molecular weight excluding hydrogens is 356 g/mol. The van der Waals surface area contributed by atoms with Gasteiger partial charge in [0.1, 0.15) is 0 Å². The molecule has 2 N–H and O–H groups in total. The number of para-hydroxylation sites is 1. The van der Waals surface area contributed by atoms with Gasteiger partial charge < -0.3 is 5.11 Å². The number of aromatic hydroxyl groups is 1. The minimum Gasteiger partial charge on any atom is -0.502 e. The van der Waals surface area contributed by atoms with E-state index in [2.05, 4.69) is 31.4 Å². The summed E-state index contributed by atoms with van der Waals surface area (Å²) in [7, 11) is 0. The molecule has 22 heavy (non-hydrogen) atoms. The van der Waals surface area contributed by atoms with Crippen LogP contribution >= 0.6 is 15.9 Å². The average Bonchev–Trinajstić information content (AvgIpc) is 2.48. The highest BCUT2D eigenvalue weighted by Gasteiger charge is 2.15. The highest BCUT2D eigenvalue weighted by atomic mass is 79.9. The van der Waals surface area contributed by atoms with Gasteiger partial charge in [-0.25, -0.2) is 5.43 Å². The first kappa shape index (κ1) is 15.6. The van der Waals surface area contributed by atoms with Gasteiger partial charge in [-0.3, -0.25) is 19.9 Å². The molecule has 9 heteroatoms. The SMILES string of the molecule is O=C(N/N=C/c1cccc([N+](=O)[O-])c1O)c1cncc(Br)c1. The van der Waals surface area contributed by atoms with E-state index in [1.165, 1.54) is 30.6 Å². The molecule has 0 atom stereocenters. The first-order chi connectivity index (χ1) is 10.5. The predicted octanol–water partition coefficient (Wildman–Crippen LogP) is 2.22. The molecule has 0 fully saturated rings. The van der Waals surface area contributed by atoms with Gasteiger partial charge in [0.25, 0.3) is 5.91 Å². The number of nitrogens with zero attached hydrogens (tertiary/aromatic N) is 3. The van der Waals surface area contributed by atoms with Crippen LogP contribution in [-0.2, 0) is 0 Å². The second-order valence-corrected chi connectivity index (χ2v) is 4.98. The lowest BCUT2D eigenvalue weighted by Crippen LogP contribution is -2.17. The molecule has 0 aliphatic heterocycles. The summed E-state index contributed by atoms with van der Waals surface area (Å²) in [6, 6.07) is 5.55. The van der Waals surface area contributed by atoms with Crippen molar-refractivity contribution in [2.75, 3.05) is 0 Å². The molecule has 112 valence electrons. The fourth-order valence-corrected chi connectivity index (χ4v) is 1.93. The number of nitro groups is 1. The Morgan fingerprint density at radius 3 is 2.91 bits per heavy atom. The summed E-state index contributed by atoms with van der Waals surface area (Å²) in [5.74, 6) is -1.02. The van der Waals surface area contributed by atoms with Crippen molar-refractivity contribution in [2.24, 2.45) is 5.10 Å². The number of aromatic nitrogens is 1. The molecular formula is C13H9BrN4O4. The van der Waals surface area contributed by atoms with E-state index in [9.17, 15) is 20.0 Å². The Labute approximate surface area is 132 Å². The molecule has 1 heterocycles. The van der Waals surface area contributed by atoms with E-state index in [0.29, 0.717) is 4.47 Å². The molecule has 0 spiro atoms. The van der Waals surface area contributed by atoms with Crippen LogP contribution in [0.3, 0.4) is 0 Å². The number of hydrogen-bond acceptors (Lipinski definition) is 6. The average molecular weight is 365 g/mol. The Hall–Kier alpha value is -2.81. The summed E-state index contributed by atoms with van der Waals surface area (Å²) >= 11 is 3.19. The number of phenolic OH excluding ortho intramolecular Hbond substituents is 1. The van der Waals surface area contributed by atoms with E-state index < -0.39 is 22.3 Å². The van der Waals surface area contributed by atoms with Gasteiger partial charge in [-0.1, -0.05) is 6.07 Å². The van der Waals surface area contributed by atoms with Crippen molar-refractivity contribution in [1.82, 2.24) is 10.4 Å². The number of carbonyl (C=O) groups excluding carboxylic acids is 1. The third-order valence-electron chi connectivity index (χ3n) is 2.58. The van der Waals surface area contributed by atoms with E-state index in [-0.39, 0.29) is 11.1 Å². The zero-order chi connectivity index (χ0) is 16.1. The van der Waals surface area contributed by atoms with Crippen LogP contribution in [0.1, 0.15) is 15.9 Å². The third kappa shape index (κ3) is 3.64. The number of halogens is 1. The van der Waals surface area contributed by atoms with Crippen LogP contribution in [0, 0.1) is 10.1 Å². The number of carbonyl (C=O) groups is 1. The Bertz CT molecular complexity index is 763. The lowest BCUT2D eigenvalue weighted by Gasteiger charge is -2.01. The molecule has 1 aromatic heterocycles. The fourth-order valence-electron chi connectivity index (χ4n) is 1.56. The number of hydrazone groups is 1. The van der Waals surface area contributed by atoms with Crippen LogP contribution in [0.5, 0.6) is 5.75 Å². The Morgan fingerprint density at radius 2 is 2.23 bits per heavy atom. The summed E-state index contributed by atoms with van der Waals surface area (Å²) in [5, 5.41) is 24.1. The van der Waals surface area contributed by atoms with Crippen LogP contribution in [0.4, 0.5) is 5.69 Å². The van der Waals surface area contributed by atoms with Crippen LogP contribution in [0.15, 0.2) is 46.2 Å². The first-order valence-electron chi connectivity index (χ1n) is 5.89. The fraction of sp³-hybridized carbons (Fsp3) is 0. The summed E-state index contributed by atoms with van der Waals surface area (Å²) in [6.45, 7) is 0. The van der Waals surface area contributed by atoms with Crippen LogP contribution < -0.4 is 5.43 Å². The highest BCUT2D eigenvalue weighted by Crippen LogP contribution is 2.27. The van der Waals surface area contributed by atoms with Crippen molar-refractivity contribution in [3.63, 3.8) is 0 Å². The largest absolute Gasteiger partial charge is 0.502 e. The second-order valence-electron chi connectivity index (χ2n) is 4.06. The monoisotopic (exact) mass is 364 g/mol. The van der Waals surface area contributed by atoms with Crippen molar-refractivity contribution in [1.29, 1.82) is 0 Å². The molecule has 0 saturated heterocycles. The van der Waals surface area contributed by atoms with E-state index in [1.54, 1.807) is 6.07 Å². The molecule has 0 radical (unpaired) electrons. The van der Waals surface area contributed by atoms with Gasteiger partial charge in [0.15, 0.2) is 0 Å². The predicted molar refractivity (Wildman–Crippen MR) is 81.8 cm³/mol. The Morgan fingerprint density at radius 1 is 1.45 bits per heavy atom. The summed E-state index contributed by atoms with van der Waals surface area (Å²) < 4.78 is 0.639. The number of pyridine rings is 1. The maximum Gasteiger partial charge on any atom is 0.311 e. The van der Waals surface area contributed by atoms with Gasteiger partial charge in [-0.05, 0) is 28.1 Å². The molecule has 2 aromatic rings. The molecule has 1 amide bonds. The van der Waals surface area contributed by atoms with Crippen LogP contribution in [0.2, 0.25) is 0 Å². The number of benzene rings is 1. The number of nitro benzene ring substituents is 1. The number of hydrogen-bond donors (Lipinski definition) is 2. The van der Waals surface area contributed by atoms with Crippen molar-refractivity contribution in [3.8, 4) is 5.75 Å². The topological polar surface area (TPSA) is 118 Å². The Balaban J connectivity index is 2.12. The summed E-state index contributed by atoms with van der Waals surface area (Å²) in [4.78, 5) is 25.6. The van der Waals surface area contributed by atoms with E-state index >= 15 is 0 Å². The van der Waals surface area contributed by atoms with Gasteiger partial charge in [0.05, 0.1) is 16.7 Å². The quantitative estimate of drug-likeness (QED) is 0.489. The van der Waals surface area contributed by atoms with Gasteiger partial charge in [0, 0.05) is 28.5 Å². The van der Waals surface area contributed by atoms with Crippen LogP contribution in [-0.4, -0.2) is 27.1 Å². The van der Waals surface area contributed by atoms with Crippen LogP contribution in [0.25, 0.3) is 0 Å². The van der Waals surface area contributed by atoms with Gasteiger partial charge in [-0.15, -0.1) is 0 Å². The smallest absolute Gasteiger partial charge is 0.311 e. The maximum atomic E-state index is 11.8. The molecule has 1 aromatic carbocycles. The number of rotatable bonds is 4. The molecule has 0 bridgehead atoms. The summed E-state index contributed by atoms with van der Waals surface area (Å²) in [5.41, 5.74) is 2.20. The molecule has 0 saturated carbocycles. The standard InChI is InChI=1S/C13H9BrN4O4/c14-10-4-9(5-15-7-10)13(20)17-16-6-8-2-1-3-11(12(8)19)18(21)22/h1-7,19H,(H,17,20)/b16-6+. The van der Waals surface area contributed by atoms with E-state index in [1.807, 2.05) is 0 Å². The number of nitrogens with one attached hydrogen (secondary N) is 1. The zero-order valence-electron chi connectivity index (χ0n) is 10.9. The second kappa shape index (κ2) is 6.76. The highest BCUT2D eigenvalue weighted by molar-refractivity contribution is 9.10. The minimum absolute atomic E-state index is 0.113. The third-order valence-corrected chi connectivity index (χ3v) is 3.01. The Kier molecular flexibility index (Phi) is 4.79. The lowest BCUT2D eigenvalue weighted by molar-refractivity contribution is -0.385. The van der Waals surface area contributed by atoms with Gasteiger partial charge in [-0.2, -0.15) is 5.10 Å². The molecule has 0 aliphatic rings. The molecule has 0 unspecified atom stereocenters. The normalized spacial score (nSPS) is 10.6. The summed E-state index contributed by atoms with van der Waals surface area (Å²) in [6.07, 6.45) is 4.01. The molecule has 0 aliphatic carbocycles. The van der Waals surface area contributed by atoms with E-state index in [0.717, 1.165) is 6.21 Å². The molecule has 8 nitrogen and oxygen atoms in total. The van der Waals surface area contributed by atoms with Gasteiger partial charge in [0.2, 0.25) is 5.75 Å². The zero-order valence-corrected chi connectivity index (χ0v) is 12.5. The van der Waals surface area contributed by atoms with Crippen molar-refractivity contribution < 1.29 is 14.8 Å². The van der Waals surface area contributed by atoms with Gasteiger partial charge >= 0.3 is 5.69 Å². The number of phenols is 1. The first-order valence-corrected chi connectivity index (χ1v) is 6.68. The van der Waals surface area contributed by atoms with Crippen molar-refractivity contribution in [3.05, 3.63) is 62.4 Å². The minimum atomic E-state index is -0.710. The molecule has 2 rings (SSSR count). The van der Waals surface area contributed by atoms with Crippen molar-refractivity contribution >= 4 is 33.7 Å². The lowest BCUT2D eigenvalue weighted by atomic mass is 10.2. The maximum absolute atomic E-state index is 11.8. The van der Waals surface area contributed by atoms with Crippen molar-refractivity contribution in [2.45, 2.75) is 0 Å². The van der Waals surface area contributed by atoms with E-state index in [4.69, 9.17) is 0 Å².